The van der Waals surface area contributed by atoms with Crippen LogP contribution in [-0.2, 0) is 11.3 Å². The molecule has 18 heavy (non-hydrogen) atoms. The standard InChI is InChI=1S/C13H13NO4/c1-16-13(15)12-7-6-9(18-12)8-17-11-5-3-2-4-10(11)14/h2-7H,8,14H2,1H3. The maximum atomic E-state index is 11.2. The van der Waals surface area contributed by atoms with Crippen molar-refractivity contribution in [3.8, 4) is 5.75 Å². The lowest BCUT2D eigenvalue weighted by Crippen LogP contribution is -1.99. The normalized spacial score (nSPS) is 10.1. The summed E-state index contributed by atoms with van der Waals surface area (Å²) < 4.78 is 15.3. The van der Waals surface area contributed by atoms with E-state index in [1.807, 2.05) is 12.1 Å². The van der Waals surface area contributed by atoms with Crippen LogP contribution in [0.2, 0.25) is 0 Å². The molecule has 1 aromatic carbocycles. The first-order valence-electron chi connectivity index (χ1n) is 5.35. The zero-order valence-corrected chi connectivity index (χ0v) is 9.88. The van der Waals surface area contributed by atoms with Crippen LogP contribution in [-0.4, -0.2) is 13.1 Å². The monoisotopic (exact) mass is 247 g/mol. The molecule has 0 atom stereocenters. The number of furan rings is 1. The molecule has 0 aliphatic rings. The maximum Gasteiger partial charge on any atom is 0.373 e. The van der Waals surface area contributed by atoms with Crippen molar-refractivity contribution in [2.45, 2.75) is 6.61 Å². The van der Waals surface area contributed by atoms with Crippen LogP contribution in [0, 0.1) is 0 Å². The van der Waals surface area contributed by atoms with Gasteiger partial charge in [0.2, 0.25) is 5.76 Å². The minimum Gasteiger partial charge on any atom is -0.483 e. The first-order valence-corrected chi connectivity index (χ1v) is 5.35. The lowest BCUT2D eigenvalue weighted by Gasteiger charge is -2.06. The van der Waals surface area contributed by atoms with E-state index in [4.69, 9.17) is 14.9 Å². The molecule has 1 aromatic heterocycles. The molecule has 0 unspecified atom stereocenters. The number of carbonyl (C=O) groups excluding carboxylic acids is 1. The van der Waals surface area contributed by atoms with Gasteiger partial charge in [0.25, 0.3) is 0 Å². The summed E-state index contributed by atoms with van der Waals surface area (Å²) in [5.74, 6) is 0.741. The number of nitrogens with two attached hydrogens (primary N) is 1. The SMILES string of the molecule is COC(=O)c1ccc(COc2ccccc2N)o1. The molecule has 5 nitrogen and oxygen atoms in total. The first-order chi connectivity index (χ1) is 8.70. The molecule has 0 saturated carbocycles. The highest BCUT2D eigenvalue weighted by atomic mass is 16.5. The summed E-state index contributed by atoms with van der Waals surface area (Å²) >= 11 is 0. The Kier molecular flexibility index (Phi) is 3.52. The van der Waals surface area contributed by atoms with Gasteiger partial charge in [0.15, 0.2) is 0 Å². The number of nitrogen functional groups attached to an aromatic ring is 1. The third-order valence-corrected chi connectivity index (χ3v) is 2.34. The minimum atomic E-state index is -0.513. The smallest absolute Gasteiger partial charge is 0.373 e. The van der Waals surface area contributed by atoms with Gasteiger partial charge in [-0.25, -0.2) is 4.79 Å². The fraction of sp³-hybridized carbons (Fsp3) is 0.154. The van der Waals surface area contributed by atoms with E-state index in [9.17, 15) is 4.79 Å². The minimum absolute atomic E-state index is 0.150. The van der Waals surface area contributed by atoms with E-state index in [0.29, 0.717) is 17.2 Å². The Balaban J connectivity index is 2.01. The Morgan fingerprint density at radius 1 is 1.28 bits per heavy atom. The predicted molar refractivity (Wildman–Crippen MR) is 65.2 cm³/mol. The average molecular weight is 247 g/mol. The van der Waals surface area contributed by atoms with Gasteiger partial charge in [-0.2, -0.15) is 0 Å². The number of hydrogen-bond donors (Lipinski definition) is 1. The number of benzene rings is 1. The molecule has 0 aliphatic heterocycles. The summed E-state index contributed by atoms with van der Waals surface area (Å²) in [7, 11) is 1.30. The maximum absolute atomic E-state index is 11.2. The number of hydrogen-bond acceptors (Lipinski definition) is 5. The van der Waals surface area contributed by atoms with Crippen LogP contribution < -0.4 is 10.5 Å². The molecule has 2 aromatic rings. The van der Waals surface area contributed by atoms with Crippen molar-refractivity contribution in [3.05, 3.63) is 47.9 Å². The lowest BCUT2D eigenvalue weighted by molar-refractivity contribution is 0.0561. The number of carbonyl (C=O) groups is 1. The molecule has 0 aliphatic carbocycles. The Bertz CT molecular complexity index is 547. The third-order valence-electron chi connectivity index (χ3n) is 2.34. The molecule has 0 saturated heterocycles. The zero-order chi connectivity index (χ0) is 13.0. The van der Waals surface area contributed by atoms with Crippen molar-refractivity contribution >= 4 is 11.7 Å². The largest absolute Gasteiger partial charge is 0.483 e. The van der Waals surface area contributed by atoms with E-state index in [1.165, 1.54) is 7.11 Å². The Hall–Kier alpha value is -2.43. The zero-order valence-electron chi connectivity index (χ0n) is 9.88. The summed E-state index contributed by atoms with van der Waals surface area (Å²) in [6.07, 6.45) is 0. The molecule has 94 valence electrons. The molecular weight excluding hydrogens is 234 g/mol. The molecule has 0 bridgehead atoms. The van der Waals surface area contributed by atoms with Gasteiger partial charge in [-0.05, 0) is 24.3 Å². The number of anilines is 1. The van der Waals surface area contributed by atoms with Gasteiger partial charge in [0.1, 0.15) is 18.1 Å². The average Bonchev–Trinajstić information content (AvgIpc) is 2.86. The van der Waals surface area contributed by atoms with Gasteiger partial charge in [0.05, 0.1) is 12.8 Å². The Morgan fingerprint density at radius 2 is 2.06 bits per heavy atom. The quantitative estimate of drug-likeness (QED) is 0.662. The van der Waals surface area contributed by atoms with Crippen LogP contribution in [0.3, 0.4) is 0 Å². The lowest BCUT2D eigenvalue weighted by atomic mass is 10.3. The van der Waals surface area contributed by atoms with Crippen molar-refractivity contribution in [2.24, 2.45) is 0 Å². The van der Waals surface area contributed by atoms with Gasteiger partial charge in [0, 0.05) is 0 Å². The number of para-hydroxylation sites is 2. The molecule has 2 N–H and O–H groups in total. The Morgan fingerprint density at radius 3 is 2.78 bits per heavy atom. The molecular formula is C13H13NO4. The van der Waals surface area contributed by atoms with Gasteiger partial charge in [-0.1, -0.05) is 12.1 Å². The summed E-state index contributed by atoms with van der Waals surface area (Å²) in [4.78, 5) is 11.2. The topological polar surface area (TPSA) is 74.7 Å². The van der Waals surface area contributed by atoms with Crippen molar-refractivity contribution < 1.29 is 18.7 Å². The number of esters is 1. The van der Waals surface area contributed by atoms with E-state index in [-0.39, 0.29) is 12.4 Å². The molecule has 0 radical (unpaired) electrons. The second-order valence-corrected chi connectivity index (χ2v) is 3.58. The van der Waals surface area contributed by atoms with Crippen LogP contribution in [0.15, 0.2) is 40.8 Å². The molecule has 1 heterocycles. The van der Waals surface area contributed by atoms with E-state index < -0.39 is 5.97 Å². The molecule has 0 fully saturated rings. The number of methoxy groups -OCH3 is 1. The highest BCUT2D eigenvalue weighted by Gasteiger charge is 2.11. The molecule has 0 amide bonds. The first kappa shape index (κ1) is 12.0. The predicted octanol–water partition coefficient (Wildman–Crippen LogP) is 2.23. The van der Waals surface area contributed by atoms with Crippen molar-refractivity contribution in [1.82, 2.24) is 0 Å². The summed E-state index contributed by atoms with van der Waals surface area (Å²) in [5, 5.41) is 0. The molecule has 5 heteroatoms. The van der Waals surface area contributed by atoms with E-state index in [2.05, 4.69) is 4.74 Å². The van der Waals surface area contributed by atoms with Gasteiger partial charge >= 0.3 is 5.97 Å². The van der Waals surface area contributed by atoms with Crippen molar-refractivity contribution in [2.75, 3.05) is 12.8 Å². The van der Waals surface area contributed by atoms with Gasteiger partial charge in [-0.15, -0.1) is 0 Å². The summed E-state index contributed by atoms with van der Waals surface area (Å²) in [6, 6.07) is 10.4. The number of rotatable bonds is 4. The second kappa shape index (κ2) is 5.27. The highest BCUT2D eigenvalue weighted by Crippen LogP contribution is 2.21. The van der Waals surface area contributed by atoms with E-state index in [0.717, 1.165) is 0 Å². The van der Waals surface area contributed by atoms with E-state index in [1.54, 1.807) is 24.3 Å². The molecule has 0 spiro atoms. The number of ether oxygens (including phenoxy) is 2. The fourth-order valence-electron chi connectivity index (χ4n) is 1.43. The van der Waals surface area contributed by atoms with Crippen LogP contribution in [0.1, 0.15) is 16.3 Å². The summed E-state index contributed by atoms with van der Waals surface area (Å²) in [6.45, 7) is 0.200. The van der Waals surface area contributed by atoms with Gasteiger partial charge < -0.3 is 19.6 Å². The van der Waals surface area contributed by atoms with Gasteiger partial charge in [-0.3, -0.25) is 0 Å². The van der Waals surface area contributed by atoms with E-state index >= 15 is 0 Å². The van der Waals surface area contributed by atoms with Crippen molar-refractivity contribution in [3.63, 3.8) is 0 Å². The van der Waals surface area contributed by atoms with Crippen LogP contribution >= 0.6 is 0 Å². The Labute approximate surface area is 104 Å². The fourth-order valence-corrected chi connectivity index (χ4v) is 1.43. The second-order valence-electron chi connectivity index (χ2n) is 3.58. The van der Waals surface area contributed by atoms with Crippen LogP contribution in [0.25, 0.3) is 0 Å². The van der Waals surface area contributed by atoms with Crippen LogP contribution in [0.5, 0.6) is 5.75 Å². The third kappa shape index (κ3) is 2.63. The highest BCUT2D eigenvalue weighted by molar-refractivity contribution is 5.86. The molecule has 2 rings (SSSR count). The van der Waals surface area contributed by atoms with Crippen molar-refractivity contribution in [1.29, 1.82) is 0 Å². The van der Waals surface area contributed by atoms with Crippen LogP contribution in [0.4, 0.5) is 5.69 Å². The summed E-state index contributed by atoms with van der Waals surface area (Å²) in [5.41, 5.74) is 6.28.